The summed E-state index contributed by atoms with van der Waals surface area (Å²) in [6.45, 7) is 0.636. The molecular formula is C5H8N2S. The van der Waals surface area contributed by atoms with Crippen molar-refractivity contribution in [3.05, 3.63) is 0 Å². The van der Waals surface area contributed by atoms with Crippen LogP contribution in [0.3, 0.4) is 0 Å². The lowest BCUT2D eigenvalue weighted by molar-refractivity contribution is 0.938. The molecule has 0 aromatic rings. The Balaban J connectivity index is 3.35. The van der Waals surface area contributed by atoms with Crippen LogP contribution in [0.1, 0.15) is 0 Å². The van der Waals surface area contributed by atoms with E-state index in [1.54, 1.807) is 0 Å². The Morgan fingerprint density at radius 2 is 2.50 bits per heavy atom. The molecule has 0 aromatic carbocycles. The molecule has 3 N–H and O–H groups in total. The second-order valence-electron chi connectivity index (χ2n) is 1.20. The summed E-state index contributed by atoms with van der Waals surface area (Å²) >= 11 is 4.49. The molecule has 0 bridgehead atoms. The zero-order valence-electron chi connectivity index (χ0n) is 4.69. The number of nitrogens with one attached hydrogen (secondary N) is 1. The molecule has 8 heavy (non-hydrogen) atoms. The van der Waals surface area contributed by atoms with Gasteiger partial charge >= 0.3 is 0 Å². The lowest BCUT2D eigenvalue weighted by atomic mass is 10.5. The maximum Gasteiger partial charge on any atom is 0.148 e. The van der Waals surface area contributed by atoms with Crippen LogP contribution in [0.15, 0.2) is 0 Å². The third-order valence-corrected chi connectivity index (χ3v) is 0.579. The van der Waals surface area contributed by atoms with Gasteiger partial charge in [0.2, 0.25) is 0 Å². The van der Waals surface area contributed by atoms with Crippen molar-refractivity contribution in [2.24, 2.45) is 5.73 Å². The first kappa shape index (κ1) is 7.41. The van der Waals surface area contributed by atoms with Crippen LogP contribution in [-0.4, -0.2) is 18.6 Å². The highest BCUT2D eigenvalue weighted by molar-refractivity contribution is 7.80. The number of hydrogen-bond donors (Lipinski definition) is 2. The van der Waals surface area contributed by atoms with Crippen LogP contribution >= 0.6 is 12.2 Å². The molecule has 0 aliphatic heterocycles. The maximum absolute atomic E-state index is 5.06. The molecule has 0 spiro atoms. The van der Waals surface area contributed by atoms with Crippen LogP contribution < -0.4 is 11.1 Å². The van der Waals surface area contributed by atoms with Gasteiger partial charge in [-0.05, 0) is 13.0 Å². The van der Waals surface area contributed by atoms with Gasteiger partial charge in [-0.1, -0.05) is 18.1 Å². The summed E-state index contributed by atoms with van der Waals surface area (Å²) in [4.78, 5) is 0.250. The molecule has 0 radical (unpaired) electrons. The van der Waals surface area contributed by atoms with Gasteiger partial charge in [-0.15, -0.1) is 0 Å². The lowest BCUT2D eigenvalue weighted by Gasteiger charge is -1.80. The average Bonchev–Trinajstić information content (AvgIpc) is 1.66. The molecule has 44 valence electrons. The second kappa shape index (κ2) is 4.57. The van der Waals surface area contributed by atoms with Gasteiger partial charge in [0.15, 0.2) is 0 Å². The van der Waals surface area contributed by atoms with E-state index in [4.69, 9.17) is 5.73 Å². The van der Waals surface area contributed by atoms with E-state index < -0.39 is 0 Å². The molecule has 0 aliphatic rings. The van der Waals surface area contributed by atoms with Crippen molar-refractivity contribution in [2.75, 3.05) is 13.6 Å². The zero-order valence-corrected chi connectivity index (χ0v) is 5.51. The first-order valence-electron chi connectivity index (χ1n) is 2.20. The van der Waals surface area contributed by atoms with E-state index in [0.717, 1.165) is 0 Å². The van der Waals surface area contributed by atoms with E-state index in [0.29, 0.717) is 6.54 Å². The van der Waals surface area contributed by atoms with Gasteiger partial charge in [-0.25, -0.2) is 0 Å². The van der Waals surface area contributed by atoms with Gasteiger partial charge in [0.05, 0.1) is 6.54 Å². The molecule has 0 saturated heterocycles. The number of hydrogen-bond acceptors (Lipinski definition) is 2. The standard InChI is InChI=1S/C5H8N2S/c1-7-4-2-3-5(6)8/h7H,4H2,1H3,(H2,6,8). The number of thiocarbonyl (C=S) groups is 1. The third-order valence-electron chi connectivity index (χ3n) is 0.477. The van der Waals surface area contributed by atoms with Crippen molar-refractivity contribution in [1.82, 2.24) is 5.32 Å². The monoisotopic (exact) mass is 128 g/mol. The van der Waals surface area contributed by atoms with Crippen LogP contribution in [-0.2, 0) is 0 Å². The molecule has 0 fully saturated rings. The average molecular weight is 128 g/mol. The fraction of sp³-hybridized carbons (Fsp3) is 0.400. The highest BCUT2D eigenvalue weighted by atomic mass is 32.1. The van der Waals surface area contributed by atoms with Gasteiger partial charge < -0.3 is 11.1 Å². The molecule has 2 nitrogen and oxygen atoms in total. The Hall–Kier alpha value is -0.590. The molecule has 0 aromatic heterocycles. The molecule has 0 aliphatic carbocycles. The minimum Gasteiger partial charge on any atom is -0.383 e. The van der Waals surface area contributed by atoms with E-state index in [1.807, 2.05) is 7.05 Å². The molecule has 0 rings (SSSR count). The van der Waals surface area contributed by atoms with Crippen molar-refractivity contribution in [2.45, 2.75) is 0 Å². The van der Waals surface area contributed by atoms with Crippen LogP contribution in [0.2, 0.25) is 0 Å². The predicted molar refractivity (Wildman–Crippen MR) is 38.5 cm³/mol. The number of nitrogens with two attached hydrogens (primary N) is 1. The highest BCUT2D eigenvalue weighted by Crippen LogP contribution is 1.57. The highest BCUT2D eigenvalue weighted by Gasteiger charge is 1.70. The van der Waals surface area contributed by atoms with E-state index in [9.17, 15) is 0 Å². The summed E-state index contributed by atoms with van der Waals surface area (Å²) in [5.41, 5.74) is 5.06. The Morgan fingerprint density at radius 1 is 1.88 bits per heavy atom. The van der Waals surface area contributed by atoms with Crippen molar-refractivity contribution < 1.29 is 0 Å². The maximum atomic E-state index is 5.06. The van der Waals surface area contributed by atoms with Gasteiger partial charge in [0, 0.05) is 0 Å². The largest absolute Gasteiger partial charge is 0.383 e. The van der Waals surface area contributed by atoms with E-state index in [2.05, 4.69) is 29.4 Å². The molecule has 0 unspecified atom stereocenters. The Kier molecular flexibility index (Phi) is 4.23. The Labute approximate surface area is 54.4 Å². The van der Waals surface area contributed by atoms with Crippen LogP contribution in [0.4, 0.5) is 0 Å². The quantitative estimate of drug-likeness (QED) is 0.369. The Bertz CT molecular complexity index is 131. The fourth-order valence-electron chi connectivity index (χ4n) is 0.220. The van der Waals surface area contributed by atoms with Crippen molar-refractivity contribution in [3.63, 3.8) is 0 Å². The van der Waals surface area contributed by atoms with E-state index >= 15 is 0 Å². The summed E-state index contributed by atoms with van der Waals surface area (Å²) in [7, 11) is 1.81. The van der Waals surface area contributed by atoms with Crippen LogP contribution in [0, 0.1) is 11.8 Å². The summed E-state index contributed by atoms with van der Waals surface area (Å²) in [6, 6.07) is 0. The fourth-order valence-corrected chi connectivity index (χ4v) is 0.292. The molecular weight excluding hydrogens is 120 g/mol. The first-order valence-corrected chi connectivity index (χ1v) is 2.61. The normalized spacial score (nSPS) is 7.12. The van der Waals surface area contributed by atoms with Gasteiger partial charge in [0.25, 0.3) is 0 Å². The van der Waals surface area contributed by atoms with E-state index in [1.165, 1.54) is 0 Å². The minimum atomic E-state index is 0.250. The molecule has 0 heterocycles. The van der Waals surface area contributed by atoms with Crippen molar-refractivity contribution in [3.8, 4) is 11.8 Å². The summed E-state index contributed by atoms with van der Waals surface area (Å²) < 4.78 is 0. The molecule has 0 amide bonds. The van der Waals surface area contributed by atoms with Crippen LogP contribution in [0.5, 0.6) is 0 Å². The van der Waals surface area contributed by atoms with Gasteiger partial charge in [-0.2, -0.15) is 0 Å². The summed E-state index contributed by atoms with van der Waals surface area (Å²) in [6.07, 6.45) is 0. The van der Waals surface area contributed by atoms with Gasteiger partial charge in [-0.3, -0.25) is 0 Å². The van der Waals surface area contributed by atoms with E-state index in [-0.39, 0.29) is 4.99 Å². The number of rotatable bonds is 1. The minimum absolute atomic E-state index is 0.250. The van der Waals surface area contributed by atoms with Crippen molar-refractivity contribution >= 4 is 17.2 Å². The first-order chi connectivity index (χ1) is 3.77. The smallest absolute Gasteiger partial charge is 0.148 e. The van der Waals surface area contributed by atoms with Gasteiger partial charge in [0.1, 0.15) is 4.99 Å². The SMILES string of the molecule is CNCC#CC(N)=S. The van der Waals surface area contributed by atoms with Crippen molar-refractivity contribution in [1.29, 1.82) is 0 Å². The third kappa shape index (κ3) is 5.41. The summed E-state index contributed by atoms with van der Waals surface area (Å²) in [5.74, 6) is 5.25. The molecule has 3 heteroatoms. The lowest BCUT2D eigenvalue weighted by Crippen LogP contribution is -2.07. The molecule has 0 saturated carbocycles. The molecule has 0 atom stereocenters. The van der Waals surface area contributed by atoms with Crippen LogP contribution in [0.25, 0.3) is 0 Å². The predicted octanol–water partition coefficient (Wildman–Crippen LogP) is -0.505. The summed E-state index contributed by atoms with van der Waals surface area (Å²) in [5, 5.41) is 2.83. The zero-order chi connectivity index (χ0) is 6.41. The topological polar surface area (TPSA) is 38.0 Å². The Morgan fingerprint density at radius 3 is 2.88 bits per heavy atom. The second-order valence-corrected chi connectivity index (χ2v) is 1.64.